The Bertz CT molecular complexity index is 3130. The standard InChI is InChI=1S/C48H30N4S/c1-2-14-31(15-3-1)47-49-39(30-40(50-47)33-17-13-19-35(29-33)51-41-23-7-4-20-36(41)37-21-5-8-24-42(37)51)32-16-12-18-34(28-32)46-38-22-6-9-25-43(38)52-44-26-10-11-27-45(44)53-48(46)52/h1-30H. The molecule has 4 nitrogen and oxygen atoms in total. The molecule has 0 aliphatic rings. The van der Waals surface area contributed by atoms with E-state index < -0.39 is 0 Å². The van der Waals surface area contributed by atoms with Crippen molar-refractivity contribution in [1.82, 2.24) is 18.9 Å². The van der Waals surface area contributed by atoms with Crippen LogP contribution in [0.25, 0.3) is 98.5 Å². The number of para-hydroxylation sites is 4. The first-order valence-electron chi connectivity index (χ1n) is 17.8. The highest BCUT2D eigenvalue weighted by atomic mass is 32.1. The van der Waals surface area contributed by atoms with Gasteiger partial charge in [0.1, 0.15) is 4.83 Å². The van der Waals surface area contributed by atoms with Crippen molar-refractivity contribution < 1.29 is 0 Å². The number of aromatic nitrogens is 4. The Morgan fingerprint density at radius 2 is 0.943 bits per heavy atom. The van der Waals surface area contributed by atoms with Crippen LogP contribution in [0.4, 0.5) is 0 Å². The van der Waals surface area contributed by atoms with Crippen LogP contribution >= 0.6 is 11.3 Å². The maximum Gasteiger partial charge on any atom is 0.160 e. The summed E-state index contributed by atoms with van der Waals surface area (Å²) in [7, 11) is 0. The van der Waals surface area contributed by atoms with E-state index in [1.807, 2.05) is 29.5 Å². The molecule has 0 amide bonds. The Balaban J connectivity index is 1.10. The van der Waals surface area contributed by atoms with E-state index in [1.165, 1.54) is 58.9 Å². The van der Waals surface area contributed by atoms with Crippen LogP contribution in [0.5, 0.6) is 0 Å². The maximum atomic E-state index is 5.22. The molecule has 53 heavy (non-hydrogen) atoms. The number of benzene rings is 7. The summed E-state index contributed by atoms with van der Waals surface area (Å²) in [5, 5.41) is 3.73. The van der Waals surface area contributed by atoms with Gasteiger partial charge in [-0.1, -0.05) is 127 Å². The Morgan fingerprint density at radius 1 is 0.396 bits per heavy atom. The monoisotopic (exact) mass is 694 g/mol. The Kier molecular flexibility index (Phi) is 6.69. The van der Waals surface area contributed by atoms with Crippen LogP contribution in [0.3, 0.4) is 0 Å². The summed E-state index contributed by atoms with van der Waals surface area (Å²) < 4.78 is 6.05. The van der Waals surface area contributed by atoms with Gasteiger partial charge in [0.05, 0.1) is 38.2 Å². The van der Waals surface area contributed by atoms with E-state index in [0.29, 0.717) is 5.82 Å². The van der Waals surface area contributed by atoms with E-state index in [4.69, 9.17) is 9.97 Å². The molecule has 11 aromatic rings. The molecule has 0 N–H and O–H groups in total. The number of nitrogens with zero attached hydrogens (tertiary/aromatic N) is 4. The SMILES string of the molecule is c1ccc(-c2nc(-c3cccc(-c4c5ccccc5n5c4sc4ccccc45)c3)cc(-c3cccc(-n4c5ccccc5c5ccccc54)c3)n2)cc1. The molecule has 248 valence electrons. The minimum absolute atomic E-state index is 0.701. The Hall–Kier alpha value is -6.82. The third-order valence-corrected chi connectivity index (χ3v) is 11.5. The number of thiazole rings is 1. The van der Waals surface area contributed by atoms with Gasteiger partial charge in [0, 0.05) is 44.1 Å². The molecule has 4 heterocycles. The predicted octanol–water partition coefficient (Wildman–Crippen LogP) is 12.9. The predicted molar refractivity (Wildman–Crippen MR) is 222 cm³/mol. The molecule has 0 aliphatic carbocycles. The molecule has 0 saturated carbocycles. The minimum Gasteiger partial charge on any atom is -0.309 e. The fourth-order valence-corrected chi connectivity index (χ4v) is 9.20. The number of hydrogen-bond donors (Lipinski definition) is 0. The van der Waals surface area contributed by atoms with Gasteiger partial charge in [-0.3, -0.25) is 4.40 Å². The van der Waals surface area contributed by atoms with E-state index >= 15 is 0 Å². The van der Waals surface area contributed by atoms with Gasteiger partial charge in [0.25, 0.3) is 0 Å². The van der Waals surface area contributed by atoms with Crippen LogP contribution in [-0.4, -0.2) is 18.9 Å². The van der Waals surface area contributed by atoms with Crippen molar-refractivity contribution in [3.05, 3.63) is 182 Å². The first-order chi connectivity index (χ1) is 26.3. The lowest BCUT2D eigenvalue weighted by molar-refractivity contribution is 1.16. The fraction of sp³-hybridized carbons (Fsp3) is 0. The molecule has 11 rings (SSSR count). The maximum absolute atomic E-state index is 5.22. The molecule has 0 spiro atoms. The van der Waals surface area contributed by atoms with Gasteiger partial charge in [-0.2, -0.15) is 0 Å². The topological polar surface area (TPSA) is 35.1 Å². The van der Waals surface area contributed by atoms with Crippen molar-refractivity contribution in [2.45, 2.75) is 0 Å². The second-order valence-corrected chi connectivity index (χ2v) is 14.5. The van der Waals surface area contributed by atoms with E-state index in [2.05, 4.69) is 173 Å². The van der Waals surface area contributed by atoms with Crippen LogP contribution in [0.2, 0.25) is 0 Å². The van der Waals surface area contributed by atoms with Crippen molar-refractivity contribution in [3.63, 3.8) is 0 Å². The average molecular weight is 695 g/mol. The molecule has 0 aliphatic heterocycles. The Morgan fingerprint density at radius 3 is 1.68 bits per heavy atom. The van der Waals surface area contributed by atoms with Gasteiger partial charge in [-0.15, -0.1) is 11.3 Å². The van der Waals surface area contributed by atoms with Crippen LogP contribution in [0.1, 0.15) is 0 Å². The second kappa shape index (κ2) is 11.9. The fourth-order valence-electron chi connectivity index (χ4n) is 7.96. The van der Waals surface area contributed by atoms with E-state index in [0.717, 1.165) is 33.8 Å². The summed E-state index contributed by atoms with van der Waals surface area (Å²) in [6.45, 7) is 0. The third kappa shape index (κ3) is 4.75. The van der Waals surface area contributed by atoms with E-state index in [1.54, 1.807) is 0 Å². The van der Waals surface area contributed by atoms with Gasteiger partial charge >= 0.3 is 0 Å². The lowest BCUT2D eigenvalue weighted by atomic mass is 10.00. The van der Waals surface area contributed by atoms with Gasteiger partial charge in [0.2, 0.25) is 0 Å². The van der Waals surface area contributed by atoms with Crippen molar-refractivity contribution in [3.8, 4) is 50.7 Å². The molecule has 0 unspecified atom stereocenters. The summed E-state index contributed by atoms with van der Waals surface area (Å²) in [6, 6.07) is 64.7. The van der Waals surface area contributed by atoms with Crippen molar-refractivity contribution >= 4 is 59.1 Å². The molecule has 0 saturated heterocycles. The first-order valence-corrected chi connectivity index (χ1v) is 18.7. The second-order valence-electron chi connectivity index (χ2n) is 13.4. The molecule has 0 radical (unpaired) electrons. The highest BCUT2D eigenvalue weighted by Crippen LogP contribution is 2.43. The molecule has 0 atom stereocenters. The average Bonchev–Trinajstić information content (AvgIpc) is 3.88. The quantitative estimate of drug-likeness (QED) is 0.180. The van der Waals surface area contributed by atoms with Crippen LogP contribution in [0, 0.1) is 0 Å². The van der Waals surface area contributed by atoms with Crippen LogP contribution in [0.15, 0.2) is 182 Å². The largest absolute Gasteiger partial charge is 0.309 e. The summed E-state index contributed by atoms with van der Waals surface area (Å²) in [6.07, 6.45) is 0. The van der Waals surface area contributed by atoms with Crippen molar-refractivity contribution in [2.75, 3.05) is 0 Å². The first kappa shape index (κ1) is 29.9. The van der Waals surface area contributed by atoms with Crippen molar-refractivity contribution in [1.29, 1.82) is 0 Å². The summed E-state index contributed by atoms with van der Waals surface area (Å²) in [5.74, 6) is 0.701. The lowest BCUT2D eigenvalue weighted by Gasteiger charge is -2.13. The number of hydrogen-bond acceptors (Lipinski definition) is 3. The molecule has 0 bridgehead atoms. The van der Waals surface area contributed by atoms with Gasteiger partial charge in [0.15, 0.2) is 5.82 Å². The summed E-state index contributed by atoms with van der Waals surface area (Å²) in [5.41, 5.74) is 13.2. The zero-order chi connectivity index (χ0) is 34.9. The molecule has 0 fully saturated rings. The molecular formula is C48H30N4S. The normalized spacial score (nSPS) is 11.8. The van der Waals surface area contributed by atoms with E-state index in [-0.39, 0.29) is 0 Å². The zero-order valence-corrected chi connectivity index (χ0v) is 29.3. The molecular weight excluding hydrogens is 665 g/mol. The molecule has 7 aromatic carbocycles. The van der Waals surface area contributed by atoms with Crippen LogP contribution in [-0.2, 0) is 0 Å². The van der Waals surface area contributed by atoms with Crippen LogP contribution < -0.4 is 0 Å². The van der Waals surface area contributed by atoms with Gasteiger partial charge in [-0.05, 0) is 60.2 Å². The summed E-state index contributed by atoms with van der Waals surface area (Å²) in [4.78, 5) is 11.7. The number of rotatable bonds is 5. The van der Waals surface area contributed by atoms with Gasteiger partial charge in [-0.25, -0.2) is 9.97 Å². The minimum atomic E-state index is 0.701. The zero-order valence-electron chi connectivity index (χ0n) is 28.5. The van der Waals surface area contributed by atoms with Crippen molar-refractivity contribution in [2.24, 2.45) is 0 Å². The number of fused-ring (bicyclic) bond motifs is 8. The highest BCUT2D eigenvalue weighted by Gasteiger charge is 2.19. The van der Waals surface area contributed by atoms with E-state index in [9.17, 15) is 0 Å². The summed E-state index contributed by atoms with van der Waals surface area (Å²) >= 11 is 1.85. The molecule has 4 aromatic heterocycles. The Labute approximate surface area is 309 Å². The smallest absolute Gasteiger partial charge is 0.160 e. The highest BCUT2D eigenvalue weighted by molar-refractivity contribution is 7.24. The third-order valence-electron chi connectivity index (χ3n) is 10.3. The lowest BCUT2D eigenvalue weighted by Crippen LogP contribution is -1.98. The molecule has 5 heteroatoms. The van der Waals surface area contributed by atoms with Gasteiger partial charge < -0.3 is 4.57 Å².